The van der Waals surface area contributed by atoms with Crippen LogP contribution < -0.4 is 5.73 Å². The molecule has 0 saturated heterocycles. The molecule has 4 nitrogen and oxygen atoms in total. The molecule has 0 amide bonds. The van der Waals surface area contributed by atoms with E-state index in [1.165, 1.54) is 0 Å². The van der Waals surface area contributed by atoms with Gasteiger partial charge in [-0.3, -0.25) is 0 Å². The smallest absolute Gasteiger partial charge is 0.450 e. The van der Waals surface area contributed by atoms with Crippen molar-refractivity contribution in [1.82, 2.24) is 0 Å². The van der Waals surface area contributed by atoms with Crippen molar-refractivity contribution in [3.8, 4) is 0 Å². The third kappa shape index (κ3) is 5.23. The van der Waals surface area contributed by atoms with Crippen molar-refractivity contribution in [2.24, 2.45) is 5.73 Å². The van der Waals surface area contributed by atoms with E-state index in [0.29, 0.717) is 0 Å². The zero-order chi connectivity index (χ0) is 5.70. The van der Waals surface area contributed by atoms with Crippen LogP contribution in [0, 0.1) is 0 Å². The molecule has 0 spiro atoms. The fraction of sp³-hybridized carbons (Fsp3) is 0.667. The van der Waals surface area contributed by atoms with Crippen molar-refractivity contribution in [2.45, 2.75) is 0 Å². The van der Waals surface area contributed by atoms with Gasteiger partial charge in [0.05, 0.1) is 0 Å². The summed E-state index contributed by atoms with van der Waals surface area (Å²) in [5, 5.41) is 7.77. The van der Waals surface area contributed by atoms with Gasteiger partial charge >= 0.3 is 6.16 Å². The molecule has 0 aromatic heterocycles. The van der Waals surface area contributed by atoms with Gasteiger partial charge in [0.25, 0.3) is 0 Å². The zero-order valence-electron chi connectivity index (χ0n) is 3.76. The van der Waals surface area contributed by atoms with Gasteiger partial charge in [-0.05, 0) is 0 Å². The normalized spacial score (nSPS) is 8.14. The molecule has 42 valence electrons. The summed E-state index contributed by atoms with van der Waals surface area (Å²) in [7, 11) is 0. The van der Waals surface area contributed by atoms with Gasteiger partial charge in [-0.2, -0.15) is 0 Å². The molecule has 0 aliphatic heterocycles. The fourth-order valence-corrected chi connectivity index (χ4v) is 0.146. The van der Waals surface area contributed by atoms with Crippen LogP contribution in [0.15, 0.2) is 0 Å². The highest BCUT2D eigenvalue weighted by Crippen LogP contribution is 1.69. The molecule has 0 radical (unpaired) electrons. The van der Waals surface area contributed by atoms with Crippen molar-refractivity contribution < 1.29 is 14.6 Å². The third-order valence-electron chi connectivity index (χ3n) is 0.343. The van der Waals surface area contributed by atoms with Crippen molar-refractivity contribution in [3.05, 3.63) is 0 Å². The molecule has 0 atom stereocenters. The van der Waals surface area contributed by atoms with Gasteiger partial charge in [0, 0.05) is 6.54 Å². The Morgan fingerprint density at radius 2 is 2.43 bits per heavy atom. The number of carbonyl (C=O) groups is 1. The average molecular weight is 105 g/mol. The van der Waals surface area contributed by atoms with E-state index in [9.17, 15) is 4.79 Å². The van der Waals surface area contributed by atoms with Gasteiger partial charge < -0.3 is 15.6 Å². The van der Waals surface area contributed by atoms with Crippen LogP contribution in [-0.2, 0) is 4.74 Å². The van der Waals surface area contributed by atoms with Gasteiger partial charge in [0.2, 0.25) is 0 Å². The summed E-state index contributed by atoms with van der Waals surface area (Å²) < 4.78 is 3.98. The number of nitrogens with two attached hydrogens (primary N) is 1. The van der Waals surface area contributed by atoms with Gasteiger partial charge in [0.1, 0.15) is 6.61 Å². The number of hydrogen-bond donors (Lipinski definition) is 2. The van der Waals surface area contributed by atoms with Crippen molar-refractivity contribution in [1.29, 1.82) is 0 Å². The average Bonchev–Trinajstić information content (AvgIpc) is 1.61. The lowest BCUT2D eigenvalue weighted by Gasteiger charge is -1.92. The molecule has 0 aromatic rings. The first-order chi connectivity index (χ1) is 3.27. The van der Waals surface area contributed by atoms with Crippen LogP contribution in [0.1, 0.15) is 0 Å². The van der Waals surface area contributed by atoms with E-state index in [2.05, 4.69) is 4.74 Å². The van der Waals surface area contributed by atoms with Crippen LogP contribution in [0.5, 0.6) is 0 Å². The fourth-order valence-electron chi connectivity index (χ4n) is 0.146. The second kappa shape index (κ2) is 3.42. The Morgan fingerprint density at radius 3 is 2.57 bits per heavy atom. The second-order valence-electron chi connectivity index (χ2n) is 0.903. The van der Waals surface area contributed by atoms with Gasteiger partial charge in [0.15, 0.2) is 0 Å². The first-order valence-electron chi connectivity index (χ1n) is 1.83. The largest absolute Gasteiger partial charge is 0.505 e. The lowest BCUT2D eigenvalue weighted by atomic mass is 10.7. The summed E-state index contributed by atoms with van der Waals surface area (Å²) in [6, 6.07) is 0. The van der Waals surface area contributed by atoms with Gasteiger partial charge in [-0.15, -0.1) is 0 Å². The number of rotatable bonds is 2. The molecule has 0 aliphatic rings. The second-order valence-corrected chi connectivity index (χ2v) is 0.903. The Kier molecular flexibility index (Phi) is 3.04. The minimum absolute atomic E-state index is 0.0787. The minimum atomic E-state index is -1.27. The molecule has 0 fully saturated rings. The lowest BCUT2D eigenvalue weighted by molar-refractivity contribution is 0.0944. The first-order valence-corrected chi connectivity index (χ1v) is 1.83. The van der Waals surface area contributed by atoms with E-state index in [1.54, 1.807) is 0 Å². The van der Waals surface area contributed by atoms with Crippen LogP contribution in [0.4, 0.5) is 4.79 Å². The molecule has 0 heterocycles. The maximum Gasteiger partial charge on any atom is 0.505 e. The highest BCUT2D eigenvalue weighted by Gasteiger charge is 1.89. The van der Waals surface area contributed by atoms with Crippen LogP contribution in [0.25, 0.3) is 0 Å². The summed E-state index contributed by atoms with van der Waals surface area (Å²) >= 11 is 0. The highest BCUT2D eigenvalue weighted by atomic mass is 16.7. The standard InChI is InChI=1S/C3H7NO3/c4-1-2-7-3(5)6/h1-2,4H2,(H,5,6). The maximum atomic E-state index is 9.48. The molecule has 0 unspecified atom stereocenters. The number of carboxylic acid groups (broad SMARTS) is 1. The van der Waals surface area contributed by atoms with Crippen molar-refractivity contribution in [3.63, 3.8) is 0 Å². The monoisotopic (exact) mass is 105 g/mol. The Balaban J connectivity index is 2.82. The minimum Gasteiger partial charge on any atom is -0.450 e. The van der Waals surface area contributed by atoms with Crippen LogP contribution in [0.3, 0.4) is 0 Å². The molecular weight excluding hydrogens is 98.0 g/mol. The summed E-state index contributed by atoms with van der Waals surface area (Å²) in [5.74, 6) is 0. The number of ether oxygens (including phenoxy) is 1. The summed E-state index contributed by atoms with van der Waals surface area (Å²) in [6.07, 6.45) is -1.27. The van der Waals surface area contributed by atoms with Crippen LogP contribution >= 0.6 is 0 Å². The zero-order valence-corrected chi connectivity index (χ0v) is 3.76. The van der Waals surface area contributed by atoms with E-state index in [0.717, 1.165) is 0 Å². The SMILES string of the molecule is NCCOC(=O)O. The molecule has 0 aromatic carbocycles. The van der Waals surface area contributed by atoms with Crippen LogP contribution in [-0.4, -0.2) is 24.4 Å². The molecular formula is C3H7NO3. The quantitative estimate of drug-likeness (QED) is 0.470. The molecule has 4 heteroatoms. The van der Waals surface area contributed by atoms with Crippen molar-refractivity contribution in [2.75, 3.05) is 13.2 Å². The highest BCUT2D eigenvalue weighted by molar-refractivity contribution is 5.56. The molecule has 0 saturated carbocycles. The van der Waals surface area contributed by atoms with Crippen LogP contribution in [0.2, 0.25) is 0 Å². The molecule has 0 aliphatic carbocycles. The topological polar surface area (TPSA) is 72.5 Å². The Labute approximate surface area is 40.9 Å². The van der Waals surface area contributed by atoms with Gasteiger partial charge in [-0.1, -0.05) is 0 Å². The summed E-state index contributed by atoms with van der Waals surface area (Å²) in [4.78, 5) is 9.48. The Bertz CT molecular complexity index is 63.2. The molecule has 7 heavy (non-hydrogen) atoms. The molecule has 0 bridgehead atoms. The molecule has 3 N–H and O–H groups in total. The molecule has 0 rings (SSSR count). The van der Waals surface area contributed by atoms with E-state index in [-0.39, 0.29) is 13.2 Å². The third-order valence-corrected chi connectivity index (χ3v) is 0.343. The predicted molar refractivity (Wildman–Crippen MR) is 23.0 cm³/mol. The van der Waals surface area contributed by atoms with E-state index in [4.69, 9.17) is 10.8 Å². The Morgan fingerprint density at radius 1 is 1.86 bits per heavy atom. The van der Waals surface area contributed by atoms with E-state index >= 15 is 0 Å². The maximum absolute atomic E-state index is 9.48. The van der Waals surface area contributed by atoms with Crippen molar-refractivity contribution >= 4 is 6.16 Å². The summed E-state index contributed by atoms with van der Waals surface area (Å²) in [6.45, 7) is 0.321. The predicted octanol–water partition coefficient (Wildman–Crippen LogP) is -0.360. The Hall–Kier alpha value is -0.770. The first kappa shape index (κ1) is 6.23. The number of hydrogen-bond acceptors (Lipinski definition) is 3. The van der Waals surface area contributed by atoms with Gasteiger partial charge in [-0.25, -0.2) is 4.79 Å². The summed E-state index contributed by atoms with van der Waals surface area (Å²) in [5.41, 5.74) is 4.89. The van der Waals surface area contributed by atoms with E-state index in [1.807, 2.05) is 0 Å². The van der Waals surface area contributed by atoms with E-state index < -0.39 is 6.16 Å². The lowest BCUT2D eigenvalue weighted by Crippen LogP contribution is -2.11.